The minimum atomic E-state index is -0.820. The van der Waals surface area contributed by atoms with Crippen LogP contribution < -0.4 is 0 Å². The Hall–Kier alpha value is -1.35. The monoisotopic (exact) mass is 206 g/mol. The molecule has 2 rings (SSSR count). The number of benzene rings is 1. The van der Waals surface area contributed by atoms with E-state index in [2.05, 4.69) is 0 Å². The van der Waals surface area contributed by atoms with Crippen molar-refractivity contribution in [2.24, 2.45) is 0 Å². The number of thiophene rings is 1. The Morgan fingerprint density at radius 2 is 2.14 bits per heavy atom. The number of carboxylic acids is 1. The van der Waals surface area contributed by atoms with Gasteiger partial charge in [-0.3, -0.25) is 0 Å². The summed E-state index contributed by atoms with van der Waals surface area (Å²) in [7, 11) is 0. The van der Waals surface area contributed by atoms with Crippen LogP contribution in [0.2, 0.25) is 0 Å². The van der Waals surface area contributed by atoms with E-state index in [0.29, 0.717) is 5.56 Å². The maximum absolute atomic E-state index is 11.1. The van der Waals surface area contributed by atoms with Gasteiger partial charge in [0.2, 0.25) is 0 Å². The number of aromatic carboxylic acids is 1. The highest BCUT2D eigenvalue weighted by molar-refractivity contribution is 7.19. The third kappa shape index (κ3) is 1.30. The highest BCUT2D eigenvalue weighted by atomic mass is 32.1. The quantitative estimate of drug-likeness (QED) is 0.819. The zero-order chi connectivity index (χ0) is 10.1. The van der Waals surface area contributed by atoms with E-state index in [1.165, 1.54) is 0 Å². The lowest BCUT2D eigenvalue weighted by Gasteiger charge is -1.94. The lowest BCUT2D eigenvalue weighted by Crippen LogP contribution is -1.97. The van der Waals surface area contributed by atoms with Gasteiger partial charge in [-0.25, -0.2) is 4.79 Å². The van der Waals surface area contributed by atoms with Gasteiger partial charge in [0, 0.05) is 15.0 Å². The molecule has 0 spiro atoms. The first-order chi connectivity index (χ1) is 6.74. The summed E-state index contributed by atoms with van der Waals surface area (Å²) in [6, 6.07) is 7.64. The standard InChI is InChI=1S/C11H10O2S/c1-2-8-10(11(12)13)7-5-3-4-6-9(7)14-8/h3-6H,2H2,1H3,(H,12,13). The Kier molecular flexibility index (Phi) is 2.25. The molecule has 3 heteroatoms. The average molecular weight is 206 g/mol. The molecule has 0 amide bonds. The summed E-state index contributed by atoms with van der Waals surface area (Å²) >= 11 is 1.57. The zero-order valence-corrected chi connectivity index (χ0v) is 8.60. The summed E-state index contributed by atoms with van der Waals surface area (Å²) in [6.45, 7) is 1.98. The Labute approximate surface area is 85.8 Å². The normalized spacial score (nSPS) is 10.6. The van der Waals surface area contributed by atoms with Crippen LogP contribution in [0.15, 0.2) is 24.3 Å². The van der Waals surface area contributed by atoms with Gasteiger partial charge in [-0.15, -0.1) is 11.3 Å². The SMILES string of the molecule is CCc1sc2ccccc2c1C(=O)O. The van der Waals surface area contributed by atoms with Crippen molar-refractivity contribution in [1.82, 2.24) is 0 Å². The first kappa shape index (κ1) is 9.21. The van der Waals surface area contributed by atoms with Gasteiger partial charge in [-0.05, 0) is 12.5 Å². The average Bonchev–Trinajstić information content (AvgIpc) is 2.55. The number of hydrogen-bond donors (Lipinski definition) is 1. The first-order valence-electron chi connectivity index (χ1n) is 4.47. The van der Waals surface area contributed by atoms with E-state index >= 15 is 0 Å². The Morgan fingerprint density at radius 1 is 1.43 bits per heavy atom. The number of rotatable bonds is 2. The summed E-state index contributed by atoms with van der Waals surface area (Å²) in [6.07, 6.45) is 0.779. The summed E-state index contributed by atoms with van der Waals surface area (Å²) in [5.41, 5.74) is 0.480. The molecule has 72 valence electrons. The predicted octanol–water partition coefficient (Wildman–Crippen LogP) is 3.16. The van der Waals surface area contributed by atoms with Crippen LogP contribution in [0, 0.1) is 0 Å². The third-order valence-corrected chi connectivity index (χ3v) is 3.52. The molecule has 1 aromatic heterocycles. The topological polar surface area (TPSA) is 37.3 Å². The van der Waals surface area contributed by atoms with Crippen LogP contribution in [0.1, 0.15) is 22.2 Å². The van der Waals surface area contributed by atoms with Crippen molar-refractivity contribution in [2.75, 3.05) is 0 Å². The van der Waals surface area contributed by atoms with Gasteiger partial charge in [0.1, 0.15) is 0 Å². The number of aryl methyl sites for hydroxylation is 1. The van der Waals surface area contributed by atoms with Crippen LogP contribution in [-0.2, 0) is 6.42 Å². The van der Waals surface area contributed by atoms with Crippen LogP contribution in [0.3, 0.4) is 0 Å². The summed E-state index contributed by atoms with van der Waals surface area (Å²) < 4.78 is 1.06. The molecular formula is C11H10O2S. The summed E-state index contributed by atoms with van der Waals surface area (Å²) in [4.78, 5) is 12.0. The van der Waals surface area contributed by atoms with Crippen LogP contribution >= 0.6 is 11.3 Å². The van der Waals surface area contributed by atoms with Crippen molar-refractivity contribution in [3.8, 4) is 0 Å². The molecule has 0 fully saturated rings. The lowest BCUT2D eigenvalue weighted by molar-refractivity contribution is 0.0698. The molecule has 0 saturated heterocycles. The molecule has 0 unspecified atom stereocenters. The number of carboxylic acid groups (broad SMARTS) is 1. The maximum atomic E-state index is 11.1. The van der Waals surface area contributed by atoms with Gasteiger partial charge in [0.25, 0.3) is 0 Å². The molecule has 0 aliphatic rings. The zero-order valence-electron chi connectivity index (χ0n) is 7.78. The fourth-order valence-corrected chi connectivity index (χ4v) is 2.72. The minimum absolute atomic E-state index is 0.480. The first-order valence-corrected chi connectivity index (χ1v) is 5.29. The third-order valence-electron chi connectivity index (χ3n) is 2.20. The molecule has 1 N–H and O–H groups in total. The highest BCUT2D eigenvalue weighted by Gasteiger charge is 2.15. The lowest BCUT2D eigenvalue weighted by atomic mass is 10.1. The molecule has 2 aromatic rings. The van der Waals surface area contributed by atoms with Crippen molar-refractivity contribution in [3.05, 3.63) is 34.7 Å². The van der Waals surface area contributed by atoms with Gasteiger partial charge in [-0.1, -0.05) is 25.1 Å². The molecule has 2 nitrogen and oxygen atoms in total. The number of fused-ring (bicyclic) bond motifs is 1. The highest BCUT2D eigenvalue weighted by Crippen LogP contribution is 2.31. The van der Waals surface area contributed by atoms with Gasteiger partial charge < -0.3 is 5.11 Å². The Balaban J connectivity index is 2.81. The largest absolute Gasteiger partial charge is 0.478 e. The molecule has 1 aromatic carbocycles. The molecule has 14 heavy (non-hydrogen) atoms. The van der Waals surface area contributed by atoms with Gasteiger partial charge >= 0.3 is 5.97 Å². The van der Waals surface area contributed by atoms with Gasteiger partial charge in [0.05, 0.1) is 5.56 Å². The number of hydrogen-bond acceptors (Lipinski definition) is 2. The second kappa shape index (κ2) is 3.42. The maximum Gasteiger partial charge on any atom is 0.337 e. The Bertz CT molecular complexity index is 485. The van der Waals surface area contributed by atoms with Gasteiger partial charge in [0.15, 0.2) is 0 Å². The molecule has 0 atom stereocenters. The van der Waals surface area contributed by atoms with Crippen LogP contribution in [0.4, 0.5) is 0 Å². The fourth-order valence-electron chi connectivity index (χ4n) is 1.58. The molecule has 0 saturated carbocycles. The second-order valence-corrected chi connectivity index (χ2v) is 4.19. The molecule has 0 bridgehead atoms. The van der Waals surface area contributed by atoms with E-state index in [4.69, 9.17) is 5.11 Å². The van der Waals surface area contributed by atoms with E-state index in [0.717, 1.165) is 21.4 Å². The molecule has 1 heterocycles. The van der Waals surface area contributed by atoms with Crippen molar-refractivity contribution >= 4 is 27.4 Å². The van der Waals surface area contributed by atoms with E-state index in [1.54, 1.807) is 11.3 Å². The number of carbonyl (C=O) groups is 1. The molecule has 0 aliphatic heterocycles. The van der Waals surface area contributed by atoms with Crippen molar-refractivity contribution < 1.29 is 9.90 Å². The van der Waals surface area contributed by atoms with Crippen LogP contribution in [0.25, 0.3) is 10.1 Å². The Morgan fingerprint density at radius 3 is 2.79 bits per heavy atom. The predicted molar refractivity (Wildman–Crippen MR) is 58.2 cm³/mol. The van der Waals surface area contributed by atoms with Crippen LogP contribution in [-0.4, -0.2) is 11.1 Å². The molecule has 0 aliphatic carbocycles. The smallest absolute Gasteiger partial charge is 0.337 e. The molecule has 0 radical (unpaired) electrons. The van der Waals surface area contributed by atoms with E-state index in [9.17, 15) is 4.79 Å². The minimum Gasteiger partial charge on any atom is -0.478 e. The van der Waals surface area contributed by atoms with E-state index in [-0.39, 0.29) is 0 Å². The van der Waals surface area contributed by atoms with Crippen molar-refractivity contribution in [3.63, 3.8) is 0 Å². The second-order valence-electron chi connectivity index (χ2n) is 3.06. The van der Waals surface area contributed by atoms with Crippen LogP contribution in [0.5, 0.6) is 0 Å². The van der Waals surface area contributed by atoms with Gasteiger partial charge in [-0.2, -0.15) is 0 Å². The van der Waals surface area contributed by atoms with E-state index < -0.39 is 5.97 Å². The van der Waals surface area contributed by atoms with Crippen molar-refractivity contribution in [2.45, 2.75) is 13.3 Å². The summed E-state index contributed by atoms with van der Waals surface area (Å²) in [5, 5.41) is 9.95. The molecular weight excluding hydrogens is 196 g/mol. The fraction of sp³-hybridized carbons (Fsp3) is 0.182. The van der Waals surface area contributed by atoms with E-state index in [1.807, 2.05) is 31.2 Å². The summed E-state index contributed by atoms with van der Waals surface area (Å²) in [5.74, 6) is -0.820. The van der Waals surface area contributed by atoms with Crippen molar-refractivity contribution in [1.29, 1.82) is 0 Å².